The molecule has 0 aromatic rings. The topological polar surface area (TPSA) is 78.9 Å². The SMILES string of the molecule is C=CCN(CCOC)C(=O)NCC(CC)(CC)C(=O)O. The van der Waals surface area contributed by atoms with Crippen LogP contribution >= 0.6 is 0 Å². The maximum atomic E-state index is 12.1. The van der Waals surface area contributed by atoms with Gasteiger partial charge in [-0.05, 0) is 12.8 Å². The molecule has 0 spiro atoms. The summed E-state index contributed by atoms with van der Waals surface area (Å²) in [6.45, 7) is 8.61. The first kappa shape index (κ1) is 18.4. The number of urea groups is 1. The summed E-state index contributed by atoms with van der Waals surface area (Å²) in [6, 6.07) is -0.297. The standard InChI is InChI=1S/C14H26N2O4/c1-5-8-16(9-10-20-4)13(19)15-11-14(6-2,7-3)12(17)18/h5H,1,6-11H2,2-4H3,(H,15,19)(H,17,18). The first-order valence-corrected chi connectivity index (χ1v) is 6.83. The van der Waals surface area contributed by atoms with Crippen LogP contribution in [0, 0.1) is 5.41 Å². The van der Waals surface area contributed by atoms with Crippen LogP contribution in [0.2, 0.25) is 0 Å². The van der Waals surface area contributed by atoms with Gasteiger partial charge in [0, 0.05) is 26.7 Å². The van der Waals surface area contributed by atoms with Gasteiger partial charge in [0.1, 0.15) is 0 Å². The van der Waals surface area contributed by atoms with Gasteiger partial charge in [-0.2, -0.15) is 0 Å². The van der Waals surface area contributed by atoms with Gasteiger partial charge in [-0.15, -0.1) is 6.58 Å². The highest BCUT2D eigenvalue weighted by Crippen LogP contribution is 2.25. The lowest BCUT2D eigenvalue weighted by Gasteiger charge is -2.29. The van der Waals surface area contributed by atoms with Crippen molar-refractivity contribution in [2.75, 3.05) is 33.4 Å². The van der Waals surface area contributed by atoms with Crippen molar-refractivity contribution in [3.05, 3.63) is 12.7 Å². The van der Waals surface area contributed by atoms with Crippen molar-refractivity contribution in [1.82, 2.24) is 10.2 Å². The molecule has 0 bridgehead atoms. The van der Waals surface area contributed by atoms with E-state index in [1.54, 1.807) is 13.2 Å². The summed E-state index contributed by atoms with van der Waals surface area (Å²) in [6.07, 6.45) is 2.57. The number of methoxy groups -OCH3 is 1. The molecule has 116 valence electrons. The van der Waals surface area contributed by atoms with Crippen molar-refractivity contribution in [1.29, 1.82) is 0 Å². The normalized spacial score (nSPS) is 10.9. The molecule has 0 saturated heterocycles. The quantitative estimate of drug-likeness (QED) is 0.599. The third-order valence-corrected chi connectivity index (χ3v) is 3.59. The van der Waals surface area contributed by atoms with Gasteiger partial charge in [0.05, 0.1) is 12.0 Å². The van der Waals surface area contributed by atoms with Gasteiger partial charge >= 0.3 is 12.0 Å². The molecule has 20 heavy (non-hydrogen) atoms. The summed E-state index contributed by atoms with van der Waals surface area (Å²) in [4.78, 5) is 25.0. The van der Waals surface area contributed by atoms with E-state index in [0.717, 1.165) is 0 Å². The van der Waals surface area contributed by atoms with Gasteiger partial charge in [0.25, 0.3) is 0 Å². The highest BCUT2D eigenvalue weighted by molar-refractivity contribution is 5.78. The molecule has 0 radical (unpaired) electrons. The Morgan fingerprint density at radius 3 is 2.40 bits per heavy atom. The predicted molar refractivity (Wildman–Crippen MR) is 77.7 cm³/mol. The molecule has 0 aliphatic carbocycles. The minimum absolute atomic E-state index is 0.120. The van der Waals surface area contributed by atoms with Crippen LogP contribution in [0.25, 0.3) is 0 Å². The Bertz CT molecular complexity index is 327. The van der Waals surface area contributed by atoms with Crippen LogP contribution < -0.4 is 5.32 Å². The molecule has 0 aliphatic rings. The smallest absolute Gasteiger partial charge is 0.317 e. The molecule has 0 aromatic heterocycles. The summed E-state index contributed by atoms with van der Waals surface area (Å²) >= 11 is 0. The van der Waals surface area contributed by atoms with Crippen LogP contribution in [0.3, 0.4) is 0 Å². The number of carbonyl (C=O) groups is 2. The van der Waals surface area contributed by atoms with E-state index in [0.29, 0.717) is 32.5 Å². The number of nitrogens with zero attached hydrogens (tertiary/aromatic N) is 1. The van der Waals surface area contributed by atoms with E-state index < -0.39 is 11.4 Å². The summed E-state index contributed by atoms with van der Waals surface area (Å²) in [7, 11) is 1.56. The fourth-order valence-electron chi connectivity index (χ4n) is 1.87. The zero-order chi connectivity index (χ0) is 15.6. The van der Waals surface area contributed by atoms with Crippen LogP contribution in [-0.4, -0.2) is 55.4 Å². The number of nitrogens with one attached hydrogen (secondary N) is 1. The lowest BCUT2D eigenvalue weighted by molar-refractivity contribution is -0.149. The number of ether oxygens (including phenoxy) is 1. The molecule has 0 atom stereocenters. The van der Waals surface area contributed by atoms with Crippen molar-refractivity contribution >= 4 is 12.0 Å². The van der Waals surface area contributed by atoms with Gasteiger partial charge in [0.2, 0.25) is 0 Å². The van der Waals surface area contributed by atoms with E-state index in [4.69, 9.17) is 4.74 Å². The maximum Gasteiger partial charge on any atom is 0.317 e. The molecule has 6 nitrogen and oxygen atoms in total. The van der Waals surface area contributed by atoms with E-state index in [2.05, 4.69) is 11.9 Å². The Kier molecular flexibility index (Phi) is 8.63. The Morgan fingerprint density at radius 1 is 1.40 bits per heavy atom. The fourth-order valence-corrected chi connectivity index (χ4v) is 1.87. The molecule has 0 aromatic carbocycles. The summed E-state index contributed by atoms with van der Waals surface area (Å²) in [5.74, 6) is -0.880. The Morgan fingerprint density at radius 2 is 2.00 bits per heavy atom. The molecule has 2 N–H and O–H groups in total. The van der Waals surface area contributed by atoms with E-state index >= 15 is 0 Å². The van der Waals surface area contributed by atoms with Crippen molar-refractivity contribution in [2.45, 2.75) is 26.7 Å². The molecular weight excluding hydrogens is 260 g/mol. The summed E-state index contributed by atoms with van der Waals surface area (Å²) in [5, 5.41) is 12.0. The Balaban J connectivity index is 4.62. The minimum Gasteiger partial charge on any atom is -0.481 e. The van der Waals surface area contributed by atoms with Gasteiger partial charge < -0.3 is 20.1 Å². The number of hydrogen-bond acceptors (Lipinski definition) is 3. The molecule has 0 rings (SSSR count). The summed E-state index contributed by atoms with van der Waals surface area (Å²) < 4.78 is 4.94. The van der Waals surface area contributed by atoms with Crippen LogP contribution in [0.15, 0.2) is 12.7 Å². The molecule has 0 unspecified atom stereocenters. The van der Waals surface area contributed by atoms with Gasteiger partial charge in [-0.3, -0.25) is 4.79 Å². The summed E-state index contributed by atoms with van der Waals surface area (Å²) in [5.41, 5.74) is -0.906. The monoisotopic (exact) mass is 286 g/mol. The number of carboxylic acids is 1. The lowest BCUT2D eigenvalue weighted by atomic mass is 9.82. The van der Waals surface area contributed by atoms with Gasteiger partial charge in [-0.1, -0.05) is 19.9 Å². The number of carboxylic acid groups (broad SMARTS) is 1. The maximum absolute atomic E-state index is 12.1. The second kappa shape index (κ2) is 9.36. The Hall–Kier alpha value is -1.56. The highest BCUT2D eigenvalue weighted by atomic mass is 16.5. The second-order valence-corrected chi connectivity index (χ2v) is 4.68. The van der Waals surface area contributed by atoms with Crippen LogP contribution in [0.1, 0.15) is 26.7 Å². The van der Waals surface area contributed by atoms with E-state index in [9.17, 15) is 14.7 Å². The lowest BCUT2D eigenvalue weighted by Crippen LogP contribution is -2.48. The van der Waals surface area contributed by atoms with Crippen LogP contribution in [0.5, 0.6) is 0 Å². The average molecular weight is 286 g/mol. The van der Waals surface area contributed by atoms with Crippen molar-refractivity contribution < 1.29 is 19.4 Å². The van der Waals surface area contributed by atoms with Crippen molar-refractivity contribution in [2.24, 2.45) is 5.41 Å². The number of carbonyl (C=O) groups excluding carboxylic acids is 1. The average Bonchev–Trinajstić information content (AvgIpc) is 2.44. The number of amides is 2. The minimum atomic E-state index is -0.906. The van der Waals surface area contributed by atoms with Crippen LogP contribution in [0.4, 0.5) is 4.79 Å². The van der Waals surface area contributed by atoms with E-state index in [-0.39, 0.29) is 12.6 Å². The number of rotatable bonds is 10. The highest BCUT2D eigenvalue weighted by Gasteiger charge is 2.35. The molecule has 0 saturated carbocycles. The molecule has 0 fully saturated rings. The van der Waals surface area contributed by atoms with Gasteiger partial charge in [-0.25, -0.2) is 4.79 Å². The molecule has 0 aliphatic heterocycles. The number of hydrogen-bond donors (Lipinski definition) is 2. The van der Waals surface area contributed by atoms with E-state index in [1.165, 1.54) is 4.90 Å². The molecule has 0 heterocycles. The largest absolute Gasteiger partial charge is 0.481 e. The van der Waals surface area contributed by atoms with E-state index in [1.807, 2.05) is 13.8 Å². The molecule has 6 heteroatoms. The molecular formula is C14H26N2O4. The third kappa shape index (κ3) is 5.21. The fraction of sp³-hybridized carbons (Fsp3) is 0.714. The first-order valence-electron chi connectivity index (χ1n) is 6.83. The van der Waals surface area contributed by atoms with Crippen molar-refractivity contribution in [3.63, 3.8) is 0 Å². The first-order chi connectivity index (χ1) is 9.47. The Labute approximate surface area is 120 Å². The second-order valence-electron chi connectivity index (χ2n) is 4.68. The third-order valence-electron chi connectivity index (χ3n) is 3.59. The zero-order valence-corrected chi connectivity index (χ0v) is 12.6. The zero-order valence-electron chi connectivity index (χ0n) is 12.6. The van der Waals surface area contributed by atoms with Gasteiger partial charge in [0.15, 0.2) is 0 Å². The molecule has 2 amide bonds. The predicted octanol–water partition coefficient (Wildman–Crippen LogP) is 1.72. The van der Waals surface area contributed by atoms with Crippen molar-refractivity contribution in [3.8, 4) is 0 Å². The van der Waals surface area contributed by atoms with Crippen LogP contribution in [-0.2, 0) is 9.53 Å². The number of aliphatic carboxylic acids is 1.